The van der Waals surface area contributed by atoms with Gasteiger partial charge in [-0.05, 0) is 233 Å². The van der Waals surface area contributed by atoms with Crippen LogP contribution in [0.2, 0.25) is 5.28 Å². The first kappa shape index (κ1) is 79.1. The van der Waals surface area contributed by atoms with Crippen molar-refractivity contribution in [3.05, 3.63) is 137 Å². The molecule has 4 fully saturated rings. The SMILES string of the molecule is CO.COC(CC1CCN(c2ncc(Br)cn2)CC1)OC.Cc1ccc(S(=O)(=O)CN=C2CCCc3cc(C)ccc32)cc1.Clc1ncc(Br)cn1.O=CCC1CCN(c2ncc(Br)cn2)CC1.OCCC1CCN(c2ncc(Br)cn2)CC1.OCCC1CCNCC1. The lowest BCUT2D eigenvalue weighted by Crippen LogP contribution is -2.36. The molecule has 0 unspecified atom stereocenters. The average Bonchev–Trinajstić information content (AvgIpc) is 2.17. The Hall–Kier alpha value is -4.58. The number of piperidine rings is 4. The summed E-state index contributed by atoms with van der Waals surface area (Å²) in [6, 6.07) is 13.3. The van der Waals surface area contributed by atoms with E-state index in [9.17, 15) is 13.2 Å². The molecule has 4 aliphatic heterocycles. The van der Waals surface area contributed by atoms with Crippen molar-refractivity contribution in [2.75, 3.05) is 107 Å². The number of fused-ring (bicyclic) bond motifs is 1. The van der Waals surface area contributed by atoms with E-state index < -0.39 is 9.84 Å². The Kier molecular flexibility index (Phi) is 37.7. The van der Waals surface area contributed by atoms with Gasteiger partial charge in [-0.3, -0.25) is 4.99 Å². The standard InChI is InChI=1S/C19H21NO2S.C13H20BrN3O2.C11H16BrN3O.C11H14BrN3O.C7H15NO.C4H2BrClN2.CH4O/c1-14-6-9-17(10-7-14)23(21,22)13-20-19-5-3-4-16-12-15(2)8-11-18(16)19;1-18-12(19-2)7-10-3-5-17(6-4-10)13-15-8-11(14)9-16-13;2*12-10-7-13-11(14-8-10)15-4-1-9(2-5-15)3-6-16;9-6-3-7-1-4-8-5-2-7;5-3-1-7-4(6)8-2-3;1-2/h6-12H,3-5,13H2,1-2H3;8-10,12H,3-7H2,1-2H3;7-9,16H,1-6H2;6-9H,1-5H2;7-9H,1-6H2;1-2H;2H,1H3. The topological polar surface area (TPSA) is 268 Å². The van der Waals surface area contributed by atoms with Crippen molar-refractivity contribution in [3.8, 4) is 0 Å². The number of aldehydes is 1. The average molecular weight is 1580 g/mol. The zero-order valence-corrected chi connectivity index (χ0v) is 62.0. The van der Waals surface area contributed by atoms with Crippen LogP contribution in [0.4, 0.5) is 17.8 Å². The van der Waals surface area contributed by atoms with Crippen LogP contribution in [0.25, 0.3) is 0 Å². The van der Waals surface area contributed by atoms with Crippen LogP contribution in [0, 0.1) is 37.5 Å². The molecule has 4 N–H and O–H groups in total. The molecule has 1 aliphatic carbocycles. The number of aryl methyl sites for hydroxylation is 3. The highest BCUT2D eigenvalue weighted by Gasteiger charge is 2.25. The lowest BCUT2D eigenvalue weighted by Gasteiger charge is -2.33. The second-order valence-corrected chi connectivity index (χ2v) is 29.0. The summed E-state index contributed by atoms with van der Waals surface area (Å²) in [5.74, 6) is 4.88. The molecule has 21 nitrogen and oxygen atoms in total. The van der Waals surface area contributed by atoms with Gasteiger partial charge in [0, 0.05) is 142 Å². The van der Waals surface area contributed by atoms with Gasteiger partial charge in [-0.15, -0.1) is 0 Å². The van der Waals surface area contributed by atoms with Crippen LogP contribution in [0.1, 0.15) is 112 Å². The van der Waals surface area contributed by atoms with E-state index in [1.165, 1.54) is 24.0 Å². The molecule has 510 valence electrons. The fourth-order valence-electron chi connectivity index (χ4n) is 11.0. The summed E-state index contributed by atoms with van der Waals surface area (Å²) in [7, 11) is 1.01. The highest BCUT2D eigenvalue weighted by atomic mass is 79.9. The molecule has 0 amide bonds. The number of methoxy groups -OCH3 is 2. The van der Waals surface area contributed by atoms with Gasteiger partial charge in [0.1, 0.15) is 12.2 Å². The van der Waals surface area contributed by atoms with Crippen molar-refractivity contribution < 1.29 is 38.0 Å². The van der Waals surface area contributed by atoms with Crippen LogP contribution in [0.3, 0.4) is 0 Å². The number of halogens is 5. The van der Waals surface area contributed by atoms with Gasteiger partial charge < -0.3 is 49.6 Å². The number of aliphatic hydroxyl groups is 3. The number of hydrogen-bond donors (Lipinski definition) is 4. The molecule has 11 rings (SSSR count). The van der Waals surface area contributed by atoms with E-state index in [-0.39, 0.29) is 17.5 Å². The molecule has 0 saturated carbocycles. The predicted molar refractivity (Wildman–Crippen MR) is 383 cm³/mol. The third-order valence-corrected chi connectivity index (χ3v) is 19.6. The molecule has 5 aliphatic rings. The summed E-state index contributed by atoms with van der Waals surface area (Å²) in [6.45, 7) is 12.8. The molecule has 4 aromatic heterocycles. The minimum absolute atomic E-state index is 0.0829. The van der Waals surface area contributed by atoms with Gasteiger partial charge in [-0.1, -0.05) is 41.5 Å². The predicted octanol–water partition coefficient (Wildman–Crippen LogP) is 12.1. The number of carbonyl (C=O) groups excluding carboxylic acids is 1. The number of anilines is 3. The van der Waals surface area contributed by atoms with Crippen LogP contribution in [0.15, 0.2) is 120 Å². The molecule has 0 bridgehead atoms. The smallest absolute Gasteiger partial charge is 0.225 e. The maximum Gasteiger partial charge on any atom is 0.225 e. The van der Waals surface area contributed by atoms with Crippen LogP contribution < -0.4 is 20.0 Å². The molecule has 8 heterocycles. The van der Waals surface area contributed by atoms with Gasteiger partial charge in [0.15, 0.2) is 16.1 Å². The summed E-state index contributed by atoms with van der Waals surface area (Å²) >= 11 is 18.5. The Labute approximate surface area is 588 Å². The number of ether oxygens (including phenoxy) is 2. The number of nitrogens with one attached hydrogen (secondary N) is 1. The minimum atomic E-state index is -3.37. The summed E-state index contributed by atoms with van der Waals surface area (Å²) < 4.78 is 39.0. The Bertz CT molecular complexity index is 3140. The highest BCUT2D eigenvalue weighted by Crippen LogP contribution is 2.28. The molecular weight excluding hydrogens is 1490 g/mol. The van der Waals surface area contributed by atoms with Crippen LogP contribution in [0.5, 0.6) is 0 Å². The number of benzene rings is 2. The summed E-state index contributed by atoms with van der Waals surface area (Å²) in [4.78, 5) is 55.0. The van der Waals surface area contributed by atoms with Crippen molar-refractivity contribution >= 4 is 115 Å². The van der Waals surface area contributed by atoms with Crippen LogP contribution >= 0.6 is 75.3 Å². The lowest BCUT2D eigenvalue weighted by molar-refractivity contribution is -0.115. The second kappa shape index (κ2) is 44.3. The lowest BCUT2D eigenvalue weighted by atomic mass is 9.89. The number of carbonyl (C=O) groups is 1. The normalized spacial score (nSPS) is 16.6. The molecule has 27 heteroatoms. The first-order valence-corrected chi connectivity index (χ1v) is 36.8. The molecular formula is C66H92Br4ClN13O8S. The zero-order valence-electron chi connectivity index (χ0n) is 54.1. The third kappa shape index (κ3) is 29.4. The van der Waals surface area contributed by atoms with Gasteiger partial charge in [0.2, 0.25) is 23.1 Å². The van der Waals surface area contributed by atoms with E-state index in [0.29, 0.717) is 42.3 Å². The fraction of sp³-hybridized carbons (Fsp3) is 0.545. The van der Waals surface area contributed by atoms with Gasteiger partial charge in [-0.25, -0.2) is 48.3 Å². The molecule has 0 spiro atoms. The van der Waals surface area contributed by atoms with Gasteiger partial charge in [-0.2, -0.15) is 0 Å². The monoisotopic (exact) mass is 1580 g/mol. The molecule has 6 aromatic rings. The van der Waals surface area contributed by atoms with Crippen molar-refractivity contribution in [2.24, 2.45) is 28.7 Å². The second-order valence-electron chi connectivity index (χ2n) is 23.0. The van der Waals surface area contributed by atoms with E-state index in [1.54, 1.807) is 75.9 Å². The van der Waals surface area contributed by atoms with E-state index in [0.717, 1.165) is 201 Å². The third-order valence-electron chi connectivity index (χ3n) is 16.4. The van der Waals surface area contributed by atoms with Crippen molar-refractivity contribution in [1.29, 1.82) is 0 Å². The maximum atomic E-state index is 12.4. The van der Waals surface area contributed by atoms with Crippen LogP contribution in [-0.4, -0.2) is 175 Å². The minimum Gasteiger partial charge on any atom is -0.400 e. The van der Waals surface area contributed by atoms with Crippen LogP contribution in [-0.2, 0) is 30.5 Å². The summed E-state index contributed by atoms with van der Waals surface area (Å²) in [5.41, 5.74) is 5.59. The number of nitrogens with zero attached hydrogens (tertiary/aromatic N) is 12. The number of hydrogen-bond acceptors (Lipinski definition) is 21. The quantitative estimate of drug-likeness (QED) is 0.0398. The largest absolute Gasteiger partial charge is 0.400 e. The zero-order chi connectivity index (χ0) is 67.4. The summed E-state index contributed by atoms with van der Waals surface area (Å²) in [5, 5.41) is 28.0. The fourth-order valence-corrected chi connectivity index (χ4v) is 13.0. The van der Waals surface area contributed by atoms with Crippen molar-refractivity contribution in [3.63, 3.8) is 0 Å². The van der Waals surface area contributed by atoms with Gasteiger partial charge >= 0.3 is 0 Å². The van der Waals surface area contributed by atoms with Crippen molar-refractivity contribution in [2.45, 2.75) is 121 Å². The molecule has 4 saturated heterocycles. The Morgan fingerprint density at radius 2 is 1.01 bits per heavy atom. The number of sulfone groups is 1. The number of aliphatic hydroxyl groups excluding tert-OH is 3. The molecule has 2 aromatic carbocycles. The molecule has 0 atom stereocenters. The Morgan fingerprint density at radius 3 is 1.43 bits per heavy atom. The first-order chi connectivity index (χ1) is 45.0. The van der Waals surface area contributed by atoms with Crippen molar-refractivity contribution in [1.82, 2.24) is 45.2 Å². The molecule has 93 heavy (non-hydrogen) atoms. The van der Waals surface area contributed by atoms with E-state index >= 15 is 0 Å². The van der Waals surface area contributed by atoms with E-state index in [1.807, 2.05) is 19.1 Å². The number of aliphatic imine (C=N–C) groups is 1. The van der Waals surface area contributed by atoms with Gasteiger partial charge in [0.25, 0.3) is 0 Å². The Balaban J connectivity index is 0.000000207. The van der Waals surface area contributed by atoms with E-state index in [2.05, 4.69) is 154 Å². The number of rotatable bonds is 16. The highest BCUT2D eigenvalue weighted by molar-refractivity contribution is 9.11. The van der Waals surface area contributed by atoms with Gasteiger partial charge in [0.05, 0.1) is 22.8 Å². The Morgan fingerprint density at radius 1 is 0.602 bits per heavy atom. The number of aromatic nitrogens is 8. The van der Waals surface area contributed by atoms with E-state index in [4.69, 9.17) is 36.4 Å². The maximum absolute atomic E-state index is 12.4. The first-order valence-electron chi connectivity index (χ1n) is 31.6. The summed E-state index contributed by atoms with van der Waals surface area (Å²) in [6.07, 6.45) is 30.4. The molecule has 0 radical (unpaired) electrons.